The number of thioether (sulfide) groups is 1. The van der Waals surface area contributed by atoms with Crippen LogP contribution in [-0.2, 0) is 9.59 Å². The van der Waals surface area contributed by atoms with Crippen LogP contribution in [0.2, 0.25) is 0 Å². The fourth-order valence-corrected chi connectivity index (χ4v) is 2.50. The molecule has 1 unspecified atom stereocenters. The number of amides is 1. The summed E-state index contributed by atoms with van der Waals surface area (Å²) in [5.41, 5.74) is 1.88. The van der Waals surface area contributed by atoms with Gasteiger partial charge in [0.1, 0.15) is 0 Å². The van der Waals surface area contributed by atoms with Crippen LogP contribution in [0.5, 0.6) is 0 Å². The lowest BCUT2D eigenvalue weighted by Gasteiger charge is -2.15. The van der Waals surface area contributed by atoms with Gasteiger partial charge < -0.3 is 10.4 Å². The quantitative estimate of drug-likeness (QED) is 0.814. The molecule has 116 valence electrons. The van der Waals surface area contributed by atoms with Gasteiger partial charge >= 0.3 is 5.97 Å². The molecule has 1 amide bonds. The maximum absolute atomic E-state index is 11.8. The zero-order valence-electron chi connectivity index (χ0n) is 12.1. The monoisotopic (exact) mass is 319 g/mol. The lowest BCUT2D eigenvalue weighted by molar-refractivity contribution is -0.133. The van der Waals surface area contributed by atoms with E-state index in [0.29, 0.717) is 0 Å². The molecule has 2 rings (SSSR count). The van der Waals surface area contributed by atoms with E-state index in [1.54, 1.807) is 10.9 Å². The van der Waals surface area contributed by atoms with Gasteiger partial charge in [0, 0.05) is 12.4 Å². The number of rotatable bonds is 7. The van der Waals surface area contributed by atoms with Gasteiger partial charge in [-0.3, -0.25) is 9.59 Å². The highest BCUT2D eigenvalue weighted by Crippen LogP contribution is 2.16. The number of hydrogen-bond acceptors (Lipinski definition) is 4. The highest BCUT2D eigenvalue weighted by Gasteiger charge is 2.11. The first-order valence-electron chi connectivity index (χ1n) is 6.75. The molecule has 0 saturated carbocycles. The Bertz CT molecular complexity index is 643. The zero-order chi connectivity index (χ0) is 15.9. The number of hydrogen-bond donors (Lipinski definition) is 2. The molecular weight excluding hydrogens is 302 g/mol. The minimum Gasteiger partial charge on any atom is -0.481 e. The van der Waals surface area contributed by atoms with E-state index < -0.39 is 5.97 Å². The average molecular weight is 319 g/mol. The lowest BCUT2D eigenvalue weighted by Crippen LogP contribution is -2.28. The Balaban J connectivity index is 1.95. The minimum atomic E-state index is -0.919. The summed E-state index contributed by atoms with van der Waals surface area (Å²) in [6, 6.07) is 9.43. The molecule has 22 heavy (non-hydrogen) atoms. The molecule has 2 N–H and O–H groups in total. The summed E-state index contributed by atoms with van der Waals surface area (Å²) < 4.78 is 1.75. The van der Waals surface area contributed by atoms with Crippen molar-refractivity contribution in [2.75, 3.05) is 11.5 Å². The summed E-state index contributed by atoms with van der Waals surface area (Å²) in [6.07, 6.45) is 3.56. The summed E-state index contributed by atoms with van der Waals surface area (Å²) >= 11 is 1.08. The first-order chi connectivity index (χ1) is 10.6. The molecular formula is C15H17N3O3S. The Kier molecular flexibility index (Phi) is 5.60. The predicted molar refractivity (Wildman–Crippen MR) is 85.1 cm³/mol. The third kappa shape index (κ3) is 4.63. The number of carboxylic acid groups (broad SMARTS) is 1. The standard InChI is InChI=1S/C15H17N3O3S/c1-11(17-14(19)9-22-10-15(20)21)12-4-2-5-13(8-12)18-7-3-6-16-18/h2-8,11H,9-10H2,1H3,(H,17,19)(H,20,21). The van der Waals surface area contributed by atoms with Crippen molar-refractivity contribution < 1.29 is 14.7 Å². The predicted octanol–water partition coefficient (Wildman–Crippen LogP) is 1.87. The van der Waals surface area contributed by atoms with E-state index >= 15 is 0 Å². The van der Waals surface area contributed by atoms with Gasteiger partial charge in [0.25, 0.3) is 0 Å². The van der Waals surface area contributed by atoms with Crippen molar-refractivity contribution in [3.8, 4) is 5.69 Å². The summed E-state index contributed by atoms with van der Waals surface area (Å²) in [5, 5.41) is 15.6. The van der Waals surface area contributed by atoms with Crippen molar-refractivity contribution >= 4 is 23.6 Å². The summed E-state index contributed by atoms with van der Waals surface area (Å²) in [7, 11) is 0. The van der Waals surface area contributed by atoms with Crippen molar-refractivity contribution in [1.82, 2.24) is 15.1 Å². The first kappa shape index (κ1) is 16.1. The second-order valence-electron chi connectivity index (χ2n) is 4.72. The lowest BCUT2D eigenvalue weighted by atomic mass is 10.1. The van der Waals surface area contributed by atoms with Crippen molar-refractivity contribution in [2.24, 2.45) is 0 Å². The van der Waals surface area contributed by atoms with E-state index in [-0.39, 0.29) is 23.5 Å². The molecule has 2 aromatic rings. The third-order valence-electron chi connectivity index (χ3n) is 2.98. The molecule has 6 nitrogen and oxygen atoms in total. The molecule has 0 bridgehead atoms. The van der Waals surface area contributed by atoms with Crippen LogP contribution in [0.1, 0.15) is 18.5 Å². The molecule has 1 heterocycles. The van der Waals surface area contributed by atoms with Gasteiger partial charge in [-0.1, -0.05) is 12.1 Å². The Labute approximate surface area is 132 Å². The summed E-state index contributed by atoms with van der Waals surface area (Å²) in [4.78, 5) is 22.2. The Morgan fingerprint density at radius 2 is 2.18 bits per heavy atom. The van der Waals surface area contributed by atoms with E-state index in [1.807, 2.05) is 43.5 Å². The normalized spacial score (nSPS) is 11.9. The molecule has 0 spiro atoms. The minimum absolute atomic E-state index is 0.0728. The van der Waals surface area contributed by atoms with Gasteiger partial charge in [-0.2, -0.15) is 5.10 Å². The topological polar surface area (TPSA) is 84.2 Å². The SMILES string of the molecule is CC(NC(=O)CSCC(=O)O)c1cccc(-n2cccn2)c1. The van der Waals surface area contributed by atoms with Gasteiger partial charge in [0.05, 0.1) is 23.2 Å². The molecule has 7 heteroatoms. The van der Waals surface area contributed by atoms with E-state index in [1.165, 1.54) is 0 Å². The van der Waals surface area contributed by atoms with Crippen molar-refractivity contribution in [2.45, 2.75) is 13.0 Å². The van der Waals surface area contributed by atoms with Gasteiger partial charge in [-0.25, -0.2) is 4.68 Å². The molecule has 0 aliphatic heterocycles. The Hall–Kier alpha value is -2.28. The number of aromatic nitrogens is 2. The third-order valence-corrected chi connectivity index (χ3v) is 3.89. The van der Waals surface area contributed by atoms with Crippen LogP contribution in [0.4, 0.5) is 0 Å². The van der Waals surface area contributed by atoms with E-state index in [2.05, 4.69) is 10.4 Å². The number of benzene rings is 1. The average Bonchev–Trinajstić information content (AvgIpc) is 3.01. The van der Waals surface area contributed by atoms with E-state index in [4.69, 9.17) is 5.11 Å². The molecule has 0 radical (unpaired) electrons. The van der Waals surface area contributed by atoms with Crippen LogP contribution in [0.25, 0.3) is 5.69 Å². The van der Waals surface area contributed by atoms with Crippen LogP contribution in [0.15, 0.2) is 42.7 Å². The highest BCUT2D eigenvalue weighted by molar-refractivity contribution is 8.00. The van der Waals surface area contributed by atoms with Crippen molar-refractivity contribution in [3.63, 3.8) is 0 Å². The zero-order valence-corrected chi connectivity index (χ0v) is 12.9. The smallest absolute Gasteiger partial charge is 0.313 e. The maximum Gasteiger partial charge on any atom is 0.313 e. The second-order valence-corrected chi connectivity index (χ2v) is 5.71. The van der Waals surface area contributed by atoms with E-state index in [0.717, 1.165) is 23.0 Å². The van der Waals surface area contributed by atoms with Crippen LogP contribution in [0, 0.1) is 0 Å². The summed E-state index contributed by atoms with van der Waals surface area (Å²) in [5.74, 6) is -1.03. The van der Waals surface area contributed by atoms with E-state index in [9.17, 15) is 9.59 Å². The maximum atomic E-state index is 11.8. The first-order valence-corrected chi connectivity index (χ1v) is 7.90. The van der Waals surface area contributed by atoms with Crippen LogP contribution >= 0.6 is 11.8 Å². The highest BCUT2D eigenvalue weighted by atomic mass is 32.2. The Morgan fingerprint density at radius 1 is 1.36 bits per heavy atom. The van der Waals surface area contributed by atoms with Crippen molar-refractivity contribution in [1.29, 1.82) is 0 Å². The fourth-order valence-electron chi connectivity index (χ4n) is 1.96. The number of aliphatic carboxylic acids is 1. The number of nitrogens with zero attached hydrogens (tertiary/aromatic N) is 2. The molecule has 0 saturated heterocycles. The number of carboxylic acids is 1. The fraction of sp³-hybridized carbons (Fsp3) is 0.267. The van der Waals surface area contributed by atoms with Gasteiger partial charge in [0.15, 0.2) is 0 Å². The van der Waals surface area contributed by atoms with Crippen LogP contribution in [0.3, 0.4) is 0 Å². The second kappa shape index (κ2) is 7.65. The van der Waals surface area contributed by atoms with Gasteiger partial charge in [-0.05, 0) is 30.7 Å². The largest absolute Gasteiger partial charge is 0.481 e. The van der Waals surface area contributed by atoms with Gasteiger partial charge in [-0.15, -0.1) is 11.8 Å². The molecule has 1 atom stereocenters. The number of carbonyl (C=O) groups excluding carboxylic acids is 1. The molecule has 0 aliphatic carbocycles. The van der Waals surface area contributed by atoms with Crippen molar-refractivity contribution in [3.05, 3.63) is 48.3 Å². The van der Waals surface area contributed by atoms with Crippen LogP contribution < -0.4 is 5.32 Å². The summed E-state index contributed by atoms with van der Waals surface area (Å²) in [6.45, 7) is 1.89. The Morgan fingerprint density at radius 3 is 2.86 bits per heavy atom. The number of nitrogens with one attached hydrogen (secondary N) is 1. The molecule has 1 aromatic heterocycles. The van der Waals surface area contributed by atoms with Gasteiger partial charge in [0.2, 0.25) is 5.91 Å². The molecule has 0 aliphatic rings. The number of carbonyl (C=O) groups is 2. The molecule has 1 aromatic carbocycles. The van der Waals surface area contributed by atoms with Crippen LogP contribution in [-0.4, -0.2) is 38.3 Å². The molecule has 0 fully saturated rings.